The van der Waals surface area contributed by atoms with Crippen LogP contribution < -0.4 is 15.5 Å². The van der Waals surface area contributed by atoms with Gasteiger partial charge < -0.3 is 20.3 Å². The molecule has 226 valence electrons. The van der Waals surface area contributed by atoms with Crippen molar-refractivity contribution in [3.63, 3.8) is 0 Å². The van der Waals surface area contributed by atoms with Gasteiger partial charge in [0, 0.05) is 31.9 Å². The largest absolute Gasteiger partial charge is 0.418 e. The Morgan fingerprint density at radius 3 is 2.44 bits per heavy atom. The second kappa shape index (κ2) is 13.5. The van der Waals surface area contributed by atoms with E-state index in [0.717, 1.165) is 22.3 Å². The van der Waals surface area contributed by atoms with Crippen molar-refractivity contribution in [3.8, 4) is 0 Å². The lowest BCUT2D eigenvalue weighted by atomic mass is 9.94. The van der Waals surface area contributed by atoms with E-state index < -0.39 is 35.5 Å². The fraction of sp³-hybridized carbons (Fsp3) is 0.536. The number of rotatable bonds is 10. The summed E-state index contributed by atoms with van der Waals surface area (Å²) in [6, 6.07) is 5.65. The van der Waals surface area contributed by atoms with E-state index in [0.29, 0.717) is 22.3 Å². The highest BCUT2D eigenvalue weighted by molar-refractivity contribution is 7.18. The van der Waals surface area contributed by atoms with Crippen molar-refractivity contribution < 1.29 is 32.3 Å². The van der Waals surface area contributed by atoms with Crippen LogP contribution in [0.15, 0.2) is 30.3 Å². The number of benzene rings is 1. The third-order valence-electron chi connectivity index (χ3n) is 6.12. The molecule has 0 radical (unpaired) electrons. The number of alkyl halides is 3. The Morgan fingerprint density at radius 2 is 1.88 bits per heavy atom. The van der Waals surface area contributed by atoms with Crippen molar-refractivity contribution >= 4 is 52.0 Å². The van der Waals surface area contributed by atoms with Crippen molar-refractivity contribution in [2.75, 3.05) is 49.6 Å². The first-order valence-electron chi connectivity index (χ1n) is 13.2. The van der Waals surface area contributed by atoms with Gasteiger partial charge in [-0.3, -0.25) is 19.3 Å². The standard InChI is InChI=1S/C28H36ClF3N4O4S/c1-17(2)14-35(16-27(3,4)5)21(13-33-26(39)22-8-9-23(29)41-22)25(38)34-18-6-7-20(19(12-18)28(30,31)32)36-10-11-40-15-24(36)37/h6-9,12,17,21H,10-11,13-16H2,1-5H3,(H,33,39)(H,34,38)/t21-/m0/s1. The minimum Gasteiger partial charge on any atom is -0.370 e. The first-order valence-corrected chi connectivity index (χ1v) is 14.4. The fourth-order valence-electron chi connectivity index (χ4n) is 4.56. The molecular formula is C28H36ClF3N4O4S. The maximum Gasteiger partial charge on any atom is 0.418 e. The van der Waals surface area contributed by atoms with Gasteiger partial charge >= 0.3 is 6.18 Å². The molecule has 1 aliphatic heterocycles. The molecule has 8 nitrogen and oxygen atoms in total. The molecule has 1 aromatic carbocycles. The Labute approximate surface area is 247 Å². The van der Waals surface area contributed by atoms with Crippen LogP contribution in [0.25, 0.3) is 0 Å². The van der Waals surface area contributed by atoms with Gasteiger partial charge in [0.25, 0.3) is 11.8 Å². The van der Waals surface area contributed by atoms with Gasteiger partial charge in [-0.1, -0.05) is 46.2 Å². The zero-order valence-corrected chi connectivity index (χ0v) is 25.3. The molecule has 2 heterocycles. The smallest absolute Gasteiger partial charge is 0.370 e. The second-order valence-electron chi connectivity index (χ2n) is 11.5. The van der Waals surface area contributed by atoms with Crippen LogP contribution in [0.3, 0.4) is 0 Å². The van der Waals surface area contributed by atoms with Gasteiger partial charge in [-0.2, -0.15) is 13.2 Å². The zero-order valence-electron chi connectivity index (χ0n) is 23.7. The normalized spacial score (nSPS) is 15.4. The molecule has 41 heavy (non-hydrogen) atoms. The van der Waals surface area contributed by atoms with Crippen LogP contribution in [0.2, 0.25) is 4.34 Å². The monoisotopic (exact) mass is 616 g/mol. The summed E-state index contributed by atoms with van der Waals surface area (Å²) in [5, 5.41) is 5.41. The molecule has 13 heteroatoms. The molecule has 2 aromatic rings. The van der Waals surface area contributed by atoms with E-state index in [-0.39, 0.29) is 49.0 Å². The van der Waals surface area contributed by atoms with E-state index in [2.05, 4.69) is 10.6 Å². The minimum atomic E-state index is -4.78. The molecule has 0 saturated carbocycles. The van der Waals surface area contributed by atoms with E-state index in [4.69, 9.17) is 16.3 Å². The lowest BCUT2D eigenvalue weighted by Gasteiger charge is -2.36. The summed E-state index contributed by atoms with van der Waals surface area (Å²) in [6.45, 7) is 10.8. The number of carbonyl (C=O) groups is 3. The lowest BCUT2D eigenvalue weighted by Crippen LogP contribution is -2.53. The van der Waals surface area contributed by atoms with E-state index in [1.165, 1.54) is 12.1 Å². The summed E-state index contributed by atoms with van der Waals surface area (Å²) in [7, 11) is 0. The summed E-state index contributed by atoms with van der Waals surface area (Å²) < 4.78 is 47.8. The fourth-order valence-corrected chi connectivity index (χ4v) is 5.51. The molecule has 0 aliphatic carbocycles. The Morgan fingerprint density at radius 1 is 1.17 bits per heavy atom. The Bertz CT molecular complexity index is 1250. The average molecular weight is 617 g/mol. The first-order chi connectivity index (χ1) is 19.0. The number of anilines is 2. The maximum atomic E-state index is 14.1. The molecular weight excluding hydrogens is 581 g/mol. The quantitative estimate of drug-likeness (QED) is 0.367. The molecule has 0 unspecified atom stereocenters. The van der Waals surface area contributed by atoms with Crippen LogP contribution in [0.5, 0.6) is 0 Å². The summed E-state index contributed by atoms with van der Waals surface area (Å²) in [5.41, 5.74) is -1.63. The molecule has 3 rings (SSSR count). The van der Waals surface area contributed by atoms with Crippen molar-refractivity contribution in [1.82, 2.24) is 10.2 Å². The predicted octanol–water partition coefficient (Wildman–Crippen LogP) is 5.52. The van der Waals surface area contributed by atoms with Crippen molar-refractivity contribution in [3.05, 3.63) is 45.1 Å². The molecule has 1 aliphatic rings. The highest BCUT2D eigenvalue weighted by atomic mass is 35.5. The topological polar surface area (TPSA) is 91.0 Å². The third-order valence-corrected chi connectivity index (χ3v) is 7.35. The van der Waals surface area contributed by atoms with Gasteiger partial charge in [0.2, 0.25) is 5.91 Å². The zero-order chi connectivity index (χ0) is 30.5. The van der Waals surface area contributed by atoms with E-state index >= 15 is 0 Å². The Hall–Kier alpha value is -2.67. The summed E-state index contributed by atoms with van der Waals surface area (Å²) in [4.78, 5) is 42.1. The van der Waals surface area contributed by atoms with E-state index in [1.54, 1.807) is 12.1 Å². The van der Waals surface area contributed by atoms with Gasteiger partial charge in [-0.15, -0.1) is 11.3 Å². The molecule has 1 saturated heterocycles. The minimum absolute atomic E-state index is 0.0121. The molecule has 1 atom stereocenters. The van der Waals surface area contributed by atoms with Crippen LogP contribution in [0.1, 0.15) is 49.9 Å². The molecule has 1 aromatic heterocycles. The molecule has 0 bridgehead atoms. The first kappa shape index (κ1) is 32.8. The summed E-state index contributed by atoms with van der Waals surface area (Å²) in [5.74, 6) is -1.38. The van der Waals surface area contributed by atoms with Crippen LogP contribution in [-0.4, -0.2) is 68.1 Å². The van der Waals surface area contributed by atoms with Crippen LogP contribution in [0, 0.1) is 11.3 Å². The third kappa shape index (κ3) is 9.42. The van der Waals surface area contributed by atoms with Crippen LogP contribution in [0.4, 0.5) is 24.5 Å². The van der Waals surface area contributed by atoms with Crippen LogP contribution in [-0.2, 0) is 20.5 Å². The van der Waals surface area contributed by atoms with Gasteiger partial charge in [0.1, 0.15) is 12.6 Å². The molecule has 3 amide bonds. The second-order valence-corrected chi connectivity index (χ2v) is 13.2. The number of amides is 3. The maximum absolute atomic E-state index is 14.1. The number of thiophene rings is 1. The van der Waals surface area contributed by atoms with Gasteiger partial charge in [-0.05, 0) is 41.7 Å². The van der Waals surface area contributed by atoms with Gasteiger partial charge in [0.15, 0.2) is 0 Å². The predicted molar refractivity (Wildman–Crippen MR) is 155 cm³/mol. The molecule has 2 N–H and O–H groups in total. The molecule has 1 fully saturated rings. The number of ether oxygens (including phenoxy) is 1. The van der Waals surface area contributed by atoms with E-state index in [9.17, 15) is 27.6 Å². The number of hydrogen-bond donors (Lipinski definition) is 2. The SMILES string of the molecule is CC(C)CN(CC(C)(C)C)[C@@H](CNC(=O)c1ccc(Cl)s1)C(=O)Nc1ccc(N2CCOCC2=O)c(C(F)(F)F)c1. The number of hydrogen-bond acceptors (Lipinski definition) is 6. The summed E-state index contributed by atoms with van der Waals surface area (Å²) >= 11 is 7.06. The van der Waals surface area contributed by atoms with Gasteiger partial charge in [0.05, 0.1) is 27.1 Å². The van der Waals surface area contributed by atoms with Gasteiger partial charge in [-0.25, -0.2) is 0 Å². The highest BCUT2D eigenvalue weighted by Crippen LogP contribution is 2.39. The molecule has 0 spiro atoms. The number of morpholine rings is 1. The highest BCUT2D eigenvalue weighted by Gasteiger charge is 2.38. The van der Waals surface area contributed by atoms with Crippen molar-refractivity contribution in [2.24, 2.45) is 11.3 Å². The summed E-state index contributed by atoms with van der Waals surface area (Å²) in [6.07, 6.45) is -4.78. The van der Waals surface area contributed by atoms with Crippen molar-refractivity contribution in [1.29, 1.82) is 0 Å². The van der Waals surface area contributed by atoms with Crippen LogP contribution >= 0.6 is 22.9 Å². The number of halogens is 4. The lowest BCUT2D eigenvalue weighted by molar-refractivity contribution is -0.137. The Balaban J connectivity index is 1.91. The average Bonchev–Trinajstić information content (AvgIpc) is 3.29. The number of carbonyl (C=O) groups excluding carboxylic acids is 3. The number of nitrogens with one attached hydrogen (secondary N) is 2. The van der Waals surface area contributed by atoms with Crippen molar-refractivity contribution in [2.45, 2.75) is 46.8 Å². The number of nitrogens with zero attached hydrogens (tertiary/aromatic N) is 2. The van der Waals surface area contributed by atoms with E-state index in [1.807, 2.05) is 39.5 Å². The Kier molecular flexibility index (Phi) is 10.8.